The number of aryl methyl sites for hydroxylation is 2. The third-order valence-electron chi connectivity index (χ3n) is 3.99. The molecule has 0 saturated heterocycles. The molecule has 1 N–H and O–H groups in total. The molecule has 6 heteroatoms. The molecule has 2 aromatic rings. The first-order valence-corrected chi connectivity index (χ1v) is 9.54. The van der Waals surface area contributed by atoms with Gasteiger partial charge < -0.3 is 10.1 Å². The Balaban J connectivity index is 1.91. The predicted octanol–water partition coefficient (Wildman–Crippen LogP) is 4.07. The van der Waals surface area contributed by atoms with Crippen LogP contribution in [-0.2, 0) is 16.1 Å². The highest BCUT2D eigenvalue weighted by molar-refractivity contribution is 7.14. The summed E-state index contributed by atoms with van der Waals surface area (Å²) in [7, 11) is 0. The van der Waals surface area contributed by atoms with Gasteiger partial charge in [0, 0.05) is 10.3 Å². The minimum absolute atomic E-state index is 0.0498. The van der Waals surface area contributed by atoms with Crippen molar-refractivity contribution in [3.63, 3.8) is 0 Å². The molecule has 1 aromatic carbocycles. The Morgan fingerprint density at radius 2 is 1.78 bits per heavy atom. The van der Waals surface area contributed by atoms with E-state index in [1.807, 2.05) is 46.8 Å². The van der Waals surface area contributed by atoms with E-state index in [2.05, 4.69) is 5.32 Å². The summed E-state index contributed by atoms with van der Waals surface area (Å²) in [5.74, 6) is -0.808. The minimum atomic E-state index is -0.501. The monoisotopic (exact) mass is 387 g/mol. The van der Waals surface area contributed by atoms with Gasteiger partial charge in [0.15, 0.2) is 6.61 Å². The zero-order chi connectivity index (χ0) is 20.2. The summed E-state index contributed by atoms with van der Waals surface area (Å²) in [6.07, 6.45) is 0. The molecule has 144 valence electrons. The van der Waals surface area contributed by atoms with E-state index in [1.54, 1.807) is 18.2 Å². The number of hydrogen-bond acceptors (Lipinski definition) is 5. The van der Waals surface area contributed by atoms with Gasteiger partial charge >= 0.3 is 5.97 Å². The number of ketones is 1. The van der Waals surface area contributed by atoms with Crippen LogP contribution in [0.4, 0.5) is 0 Å². The van der Waals surface area contributed by atoms with E-state index in [-0.39, 0.29) is 18.3 Å². The molecule has 0 saturated carbocycles. The van der Waals surface area contributed by atoms with Crippen molar-refractivity contribution >= 4 is 29.0 Å². The lowest BCUT2D eigenvalue weighted by atomic mass is 9.96. The normalized spacial score (nSPS) is 11.1. The van der Waals surface area contributed by atoms with Crippen molar-refractivity contribution in [2.24, 2.45) is 5.41 Å². The molecule has 1 amide bonds. The van der Waals surface area contributed by atoms with E-state index < -0.39 is 11.4 Å². The van der Waals surface area contributed by atoms with Gasteiger partial charge in [0.05, 0.1) is 17.0 Å². The van der Waals surface area contributed by atoms with Gasteiger partial charge in [-0.15, -0.1) is 11.3 Å². The maximum absolute atomic E-state index is 12.3. The maximum Gasteiger partial charge on any atom is 0.338 e. The highest BCUT2D eigenvalue weighted by Crippen LogP contribution is 2.19. The second-order valence-electron chi connectivity index (χ2n) is 7.52. The summed E-state index contributed by atoms with van der Waals surface area (Å²) < 4.78 is 5.18. The molecule has 0 radical (unpaired) electrons. The number of ether oxygens (including phenoxy) is 1. The Labute approximate surface area is 163 Å². The standard InChI is InChI=1S/C21H25NO4S/c1-13-6-7-14(2)16(10-13)19(24)26-12-17(23)18-9-8-15(27-18)11-22-20(25)21(3,4)5/h6-10H,11-12H2,1-5H3,(H,22,25). The van der Waals surface area contributed by atoms with Gasteiger partial charge in [-0.3, -0.25) is 9.59 Å². The van der Waals surface area contributed by atoms with Crippen LogP contribution in [0.5, 0.6) is 0 Å². The fourth-order valence-electron chi connectivity index (χ4n) is 2.29. The number of hydrogen-bond donors (Lipinski definition) is 1. The molecule has 0 aliphatic rings. The maximum atomic E-state index is 12.3. The summed E-state index contributed by atoms with van der Waals surface area (Å²) >= 11 is 1.29. The van der Waals surface area contributed by atoms with Crippen LogP contribution in [0.15, 0.2) is 30.3 Å². The molecule has 0 fully saturated rings. The number of benzene rings is 1. The van der Waals surface area contributed by atoms with Gasteiger partial charge in [0.25, 0.3) is 0 Å². The number of carbonyl (C=O) groups is 3. The van der Waals surface area contributed by atoms with E-state index >= 15 is 0 Å². The molecule has 0 aliphatic heterocycles. The zero-order valence-electron chi connectivity index (χ0n) is 16.3. The molecule has 2 rings (SSSR count). The van der Waals surface area contributed by atoms with Crippen LogP contribution in [0.3, 0.4) is 0 Å². The molecular formula is C21H25NO4S. The summed E-state index contributed by atoms with van der Waals surface area (Å²) in [6, 6.07) is 9.02. The molecule has 1 aromatic heterocycles. The van der Waals surface area contributed by atoms with Crippen molar-refractivity contribution in [1.82, 2.24) is 5.32 Å². The average molecular weight is 388 g/mol. The summed E-state index contributed by atoms with van der Waals surface area (Å²) in [5, 5.41) is 2.85. The molecule has 0 aliphatic carbocycles. The molecule has 0 atom stereocenters. The Hall–Kier alpha value is -2.47. The highest BCUT2D eigenvalue weighted by Gasteiger charge is 2.21. The number of nitrogens with one attached hydrogen (secondary N) is 1. The van der Waals surface area contributed by atoms with Crippen LogP contribution >= 0.6 is 11.3 Å². The molecule has 0 unspecified atom stereocenters. The summed E-state index contributed by atoms with van der Waals surface area (Å²) in [6.45, 7) is 9.32. The predicted molar refractivity (Wildman–Crippen MR) is 106 cm³/mol. The highest BCUT2D eigenvalue weighted by atomic mass is 32.1. The Morgan fingerprint density at radius 1 is 1.07 bits per heavy atom. The number of rotatable bonds is 6. The van der Waals surface area contributed by atoms with Crippen molar-refractivity contribution in [3.8, 4) is 0 Å². The van der Waals surface area contributed by atoms with Crippen LogP contribution in [0, 0.1) is 19.3 Å². The van der Waals surface area contributed by atoms with Gasteiger partial charge in [-0.1, -0.05) is 38.5 Å². The molecule has 0 spiro atoms. The van der Waals surface area contributed by atoms with E-state index in [4.69, 9.17) is 4.74 Å². The van der Waals surface area contributed by atoms with E-state index in [1.165, 1.54) is 11.3 Å². The van der Waals surface area contributed by atoms with Gasteiger partial charge in [-0.2, -0.15) is 0 Å². The topological polar surface area (TPSA) is 72.5 Å². The third kappa shape index (κ3) is 5.76. The van der Waals surface area contributed by atoms with Crippen molar-refractivity contribution < 1.29 is 19.1 Å². The Morgan fingerprint density at radius 3 is 2.44 bits per heavy atom. The Bertz CT molecular complexity index is 861. The number of amides is 1. The van der Waals surface area contributed by atoms with Crippen LogP contribution in [0.1, 0.15) is 56.8 Å². The fourth-order valence-corrected chi connectivity index (χ4v) is 3.16. The van der Waals surface area contributed by atoms with Crippen LogP contribution in [0.2, 0.25) is 0 Å². The number of carbonyl (C=O) groups excluding carboxylic acids is 3. The quantitative estimate of drug-likeness (QED) is 0.599. The fraction of sp³-hybridized carbons (Fsp3) is 0.381. The van der Waals surface area contributed by atoms with Gasteiger partial charge in [-0.05, 0) is 37.6 Å². The summed E-state index contributed by atoms with van der Waals surface area (Å²) in [4.78, 5) is 37.8. The minimum Gasteiger partial charge on any atom is -0.454 e. The Kier molecular flexibility index (Phi) is 6.54. The van der Waals surface area contributed by atoms with Crippen molar-refractivity contribution in [2.75, 3.05) is 6.61 Å². The smallest absolute Gasteiger partial charge is 0.338 e. The third-order valence-corrected chi connectivity index (χ3v) is 5.11. The molecule has 5 nitrogen and oxygen atoms in total. The second-order valence-corrected chi connectivity index (χ2v) is 8.68. The molecule has 27 heavy (non-hydrogen) atoms. The van der Waals surface area contributed by atoms with Crippen LogP contribution < -0.4 is 5.32 Å². The average Bonchev–Trinajstić information content (AvgIpc) is 3.07. The number of Topliss-reactive ketones (excluding diaryl/α,β-unsaturated/α-hetero) is 1. The van der Waals surface area contributed by atoms with E-state index in [0.717, 1.165) is 16.0 Å². The SMILES string of the molecule is Cc1ccc(C)c(C(=O)OCC(=O)c2ccc(CNC(=O)C(C)(C)C)s2)c1. The van der Waals surface area contributed by atoms with Crippen LogP contribution in [0.25, 0.3) is 0 Å². The second kappa shape index (κ2) is 8.48. The van der Waals surface area contributed by atoms with Gasteiger partial charge in [0.2, 0.25) is 11.7 Å². The largest absolute Gasteiger partial charge is 0.454 e. The van der Waals surface area contributed by atoms with E-state index in [9.17, 15) is 14.4 Å². The lowest BCUT2D eigenvalue weighted by molar-refractivity contribution is -0.128. The first kappa shape index (κ1) is 20.8. The first-order valence-electron chi connectivity index (χ1n) is 8.72. The van der Waals surface area contributed by atoms with Crippen molar-refractivity contribution in [2.45, 2.75) is 41.2 Å². The van der Waals surface area contributed by atoms with Crippen molar-refractivity contribution in [1.29, 1.82) is 0 Å². The number of esters is 1. The lowest BCUT2D eigenvalue weighted by Gasteiger charge is -2.17. The number of thiophene rings is 1. The zero-order valence-corrected chi connectivity index (χ0v) is 17.2. The van der Waals surface area contributed by atoms with Gasteiger partial charge in [-0.25, -0.2) is 4.79 Å². The summed E-state index contributed by atoms with van der Waals surface area (Å²) in [5.41, 5.74) is 1.78. The molecule has 0 bridgehead atoms. The van der Waals surface area contributed by atoms with Gasteiger partial charge in [0.1, 0.15) is 0 Å². The van der Waals surface area contributed by atoms with Crippen LogP contribution in [-0.4, -0.2) is 24.3 Å². The van der Waals surface area contributed by atoms with Crippen molar-refractivity contribution in [3.05, 3.63) is 56.8 Å². The van der Waals surface area contributed by atoms with E-state index in [0.29, 0.717) is 17.0 Å². The lowest BCUT2D eigenvalue weighted by Crippen LogP contribution is -2.34. The first-order chi connectivity index (χ1) is 12.6. The molecule has 1 heterocycles. The molecular weight excluding hydrogens is 362 g/mol.